The third-order valence-electron chi connectivity index (χ3n) is 6.36. The van der Waals surface area contributed by atoms with Gasteiger partial charge in [-0.1, -0.05) is 37.3 Å². The summed E-state index contributed by atoms with van der Waals surface area (Å²) >= 11 is 0. The lowest BCUT2D eigenvalue weighted by Gasteiger charge is -2.42. The Bertz CT molecular complexity index is 1320. The molecule has 0 spiro atoms. The van der Waals surface area contributed by atoms with Gasteiger partial charge in [0.25, 0.3) is 5.91 Å². The van der Waals surface area contributed by atoms with E-state index in [-0.39, 0.29) is 10.8 Å². The van der Waals surface area contributed by atoms with E-state index < -0.39 is 27.8 Å². The first-order chi connectivity index (χ1) is 16.5. The third kappa shape index (κ3) is 4.96. The lowest BCUT2D eigenvalue weighted by Crippen LogP contribution is -2.53. The predicted octanol–water partition coefficient (Wildman–Crippen LogP) is 4.08. The van der Waals surface area contributed by atoms with Gasteiger partial charge in [0.1, 0.15) is 17.5 Å². The van der Waals surface area contributed by atoms with Crippen LogP contribution in [0.4, 0.5) is 5.69 Å². The topological polar surface area (TPSA) is 95.9 Å². The molecule has 2 atom stereocenters. The van der Waals surface area contributed by atoms with E-state index in [1.165, 1.54) is 4.90 Å². The molecule has 3 aromatic rings. The van der Waals surface area contributed by atoms with Gasteiger partial charge in [-0.15, -0.1) is 0 Å². The molecule has 4 rings (SSSR count). The van der Waals surface area contributed by atoms with Crippen LogP contribution < -0.4 is 14.4 Å². The number of hydrogen-bond donors (Lipinski definition) is 2. The fraction of sp³-hybridized carbons (Fsp3) is 0.296. The van der Waals surface area contributed by atoms with Crippen molar-refractivity contribution in [2.45, 2.75) is 49.8 Å². The molecule has 1 amide bonds. The SMILES string of the molecule is CCc1ccc(S(=O)(=O)N[C@@H]2c3cc(C(=O)N(C)c4ccccc4)ccc3OC(C)(C)[C@H]2O)cc1. The fourth-order valence-electron chi connectivity index (χ4n) is 4.16. The summed E-state index contributed by atoms with van der Waals surface area (Å²) in [6.07, 6.45) is -0.403. The number of ether oxygens (including phenoxy) is 1. The molecule has 1 aliphatic rings. The summed E-state index contributed by atoms with van der Waals surface area (Å²) in [6.45, 7) is 5.38. The van der Waals surface area contributed by atoms with Crippen LogP contribution in [0.2, 0.25) is 0 Å². The number of carbonyl (C=O) groups is 1. The number of anilines is 1. The number of para-hydroxylation sites is 1. The summed E-state index contributed by atoms with van der Waals surface area (Å²) in [4.78, 5) is 14.8. The van der Waals surface area contributed by atoms with Gasteiger partial charge in [-0.2, -0.15) is 0 Å². The number of benzene rings is 3. The van der Waals surface area contributed by atoms with E-state index in [0.717, 1.165) is 17.7 Å². The average molecular weight is 495 g/mol. The minimum atomic E-state index is -3.96. The second kappa shape index (κ2) is 9.45. The van der Waals surface area contributed by atoms with E-state index in [9.17, 15) is 18.3 Å². The molecule has 0 aliphatic carbocycles. The smallest absolute Gasteiger partial charge is 0.258 e. The van der Waals surface area contributed by atoms with Crippen molar-refractivity contribution in [2.24, 2.45) is 0 Å². The van der Waals surface area contributed by atoms with Gasteiger partial charge in [0, 0.05) is 23.9 Å². The number of sulfonamides is 1. The minimum absolute atomic E-state index is 0.101. The van der Waals surface area contributed by atoms with Gasteiger partial charge in [0.05, 0.1) is 10.9 Å². The molecule has 1 heterocycles. The zero-order chi connectivity index (χ0) is 25.4. The highest BCUT2D eigenvalue weighted by Gasteiger charge is 2.45. The first kappa shape index (κ1) is 24.9. The van der Waals surface area contributed by atoms with E-state index in [1.54, 1.807) is 63.4 Å². The molecule has 0 radical (unpaired) electrons. The second-order valence-electron chi connectivity index (χ2n) is 9.20. The zero-order valence-electron chi connectivity index (χ0n) is 20.2. The Morgan fingerprint density at radius 3 is 2.34 bits per heavy atom. The van der Waals surface area contributed by atoms with Crippen molar-refractivity contribution in [1.29, 1.82) is 0 Å². The maximum absolute atomic E-state index is 13.2. The molecule has 0 unspecified atom stereocenters. The summed E-state index contributed by atoms with van der Waals surface area (Å²) in [7, 11) is -2.29. The van der Waals surface area contributed by atoms with Crippen LogP contribution in [-0.4, -0.2) is 38.2 Å². The summed E-state index contributed by atoms with van der Waals surface area (Å²) in [5, 5.41) is 11.1. The highest BCUT2D eigenvalue weighted by Crippen LogP contribution is 2.41. The van der Waals surface area contributed by atoms with Crippen LogP contribution in [0.5, 0.6) is 5.75 Å². The number of aliphatic hydroxyl groups excluding tert-OH is 1. The Kier molecular flexibility index (Phi) is 6.73. The molecule has 1 aliphatic heterocycles. The Hall–Kier alpha value is -3.20. The van der Waals surface area contributed by atoms with Gasteiger partial charge in [-0.05, 0) is 68.3 Å². The van der Waals surface area contributed by atoms with Crippen molar-refractivity contribution in [2.75, 3.05) is 11.9 Å². The Morgan fingerprint density at radius 1 is 1.06 bits per heavy atom. The van der Waals surface area contributed by atoms with Crippen LogP contribution in [0, 0.1) is 0 Å². The summed E-state index contributed by atoms with van der Waals surface area (Å²) in [5.74, 6) is 0.142. The van der Waals surface area contributed by atoms with E-state index >= 15 is 0 Å². The quantitative estimate of drug-likeness (QED) is 0.538. The van der Waals surface area contributed by atoms with Gasteiger partial charge in [-0.3, -0.25) is 4.79 Å². The highest BCUT2D eigenvalue weighted by molar-refractivity contribution is 7.89. The maximum atomic E-state index is 13.2. The number of carbonyl (C=O) groups excluding carboxylic acids is 1. The highest BCUT2D eigenvalue weighted by atomic mass is 32.2. The lowest BCUT2D eigenvalue weighted by atomic mass is 9.86. The summed E-state index contributed by atoms with van der Waals surface area (Å²) in [5.41, 5.74) is 1.44. The number of amides is 1. The van der Waals surface area contributed by atoms with Gasteiger partial charge in [0.2, 0.25) is 10.0 Å². The van der Waals surface area contributed by atoms with Crippen LogP contribution in [0.1, 0.15) is 48.3 Å². The normalized spacial score (nSPS) is 18.9. The molecule has 184 valence electrons. The van der Waals surface area contributed by atoms with Crippen LogP contribution in [0.3, 0.4) is 0 Å². The lowest BCUT2D eigenvalue weighted by molar-refractivity contribution is -0.0603. The fourth-order valence-corrected chi connectivity index (χ4v) is 5.38. The van der Waals surface area contributed by atoms with E-state index in [0.29, 0.717) is 16.9 Å². The van der Waals surface area contributed by atoms with Gasteiger partial charge < -0.3 is 14.7 Å². The Morgan fingerprint density at radius 2 is 1.71 bits per heavy atom. The monoisotopic (exact) mass is 494 g/mol. The number of aliphatic hydroxyl groups is 1. The minimum Gasteiger partial charge on any atom is -0.485 e. The van der Waals surface area contributed by atoms with Gasteiger partial charge >= 0.3 is 0 Å². The molecule has 0 aromatic heterocycles. The first-order valence-electron chi connectivity index (χ1n) is 11.5. The number of nitrogens with zero attached hydrogens (tertiary/aromatic N) is 1. The Balaban J connectivity index is 1.71. The molecule has 0 bridgehead atoms. The van der Waals surface area contributed by atoms with Crippen molar-refractivity contribution >= 4 is 21.6 Å². The molecule has 0 saturated heterocycles. The second-order valence-corrected chi connectivity index (χ2v) is 10.9. The van der Waals surface area contributed by atoms with Gasteiger partial charge in [0.15, 0.2) is 0 Å². The first-order valence-corrected chi connectivity index (χ1v) is 13.0. The van der Waals surface area contributed by atoms with Crippen LogP contribution in [-0.2, 0) is 16.4 Å². The zero-order valence-corrected chi connectivity index (χ0v) is 21.0. The summed E-state index contributed by atoms with van der Waals surface area (Å²) in [6, 6.07) is 19.7. The van der Waals surface area contributed by atoms with Crippen molar-refractivity contribution in [1.82, 2.24) is 4.72 Å². The molecule has 35 heavy (non-hydrogen) atoms. The molecular weight excluding hydrogens is 464 g/mol. The predicted molar refractivity (Wildman–Crippen MR) is 135 cm³/mol. The molecule has 2 N–H and O–H groups in total. The molecule has 3 aromatic carbocycles. The maximum Gasteiger partial charge on any atom is 0.258 e. The average Bonchev–Trinajstić information content (AvgIpc) is 2.86. The standard InChI is InChI=1S/C27H30N2O5S/c1-5-18-11-14-21(15-12-18)35(32,33)28-24-22-17-19(13-16-23(22)34-27(2,3)25(24)30)26(31)29(4)20-9-7-6-8-10-20/h6-17,24-25,28,30H,5H2,1-4H3/t24-,25+/m1/s1. The third-order valence-corrected chi connectivity index (χ3v) is 7.82. The molecule has 7 nitrogen and oxygen atoms in total. The Labute approximate surface area is 206 Å². The largest absolute Gasteiger partial charge is 0.485 e. The van der Waals surface area contributed by atoms with Crippen molar-refractivity contribution in [3.05, 3.63) is 89.5 Å². The number of nitrogens with one attached hydrogen (secondary N) is 1. The number of fused-ring (bicyclic) bond motifs is 1. The number of rotatable bonds is 6. The molecular formula is C27H30N2O5S. The molecule has 0 saturated carbocycles. The van der Waals surface area contributed by atoms with Gasteiger partial charge in [-0.25, -0.2) is 13.1 Å². The van der Waals surface area contributed by atoms with Crippen molar-refractivity contribution < 1.29 is 23.1 Å². The van der Waals surface area contributed by atoms with Crippen molar-refractivity contribution in [3.8, 4) is 5.75 Å². The molecule has 0 fully saturated rings. The number of aryl methyl sites for hydroxylation is 1. The van der Waals surface area contributed by atoms with Crippen LogP contribution in [0.25, 0.3) is 0 Å². The molecule has 8 heteroatoms. The van der Waals surface area contributed by atoms with E-state index in [1.807, 2.05) is 37.3 Å². The van der Waals surface area contributed by atoms with E-state index in [2.05, 4.69) is 4.72 Å². The van der Waals surface area contributed by atoms with Crippen LogP contribution in [0.15, 0.2) is 77.7 Å². The van der Waals surface area contributed by atoms with E-state index in [4.69, 9.17) is 4.74 Å². The van der Waals surface area contributed by atoms with Crippen molar-refractivity contribution in [3.63, 3.8) is 0 Å². The van der Waals surface area contributed by atoms with Crippen LogP contribution >= 0.6 is 0 Å². The number of hydrogen-bond acceptors (Lipinski definition) is 5. The summed E-state index contributed by atoms with van der Waals surface area (Å²) < 4.78 is 35.1.